The lowest BCUT2D eigenvalue weighted by Gasteiger charge is -2.02. The van der Waals surface area contributed by atoms with E-state index in [4.69, 9.17) is 10.6 Å². The van der Waals surface area contributed by atoms with Crippen LogP contribution in [0.5, 0.6) is 0 Å². The van der Waals surface area contributed by atoms with Gasteiger partial charge in [-0.25, -0.2) is 4.79 Å². The van der Waals surface area contributed by atoms with Crippen molar-refractivity contribution in [2.75, 3.05) is 5.43 Å². The lowest BCUT2D eigenvalue weighted by atomic mass is 10.2. The van der Waals surface area contributed by atoms with Gasteiger partial charge in [0.25, 0.3) is 0 Å². The van der Waals surface area contributed by atoms with Crippen LogP contribution in [0.15, 0.2) is 24.3 Å². The summed E-state index contributed by atoms with van der Waals surface area (Å²) in [6, 6.07) is 7.32. The molecule has 0 aliphatic heterocycles. The summed E-state index contributed by atoms with van der Waals surface area (Å²) in [4.78, 5) is 10.5. The Balaban J connectivity index is 2.54. The molecular formula is C8H9IN2O2. The smallest absolute Gasteiger partial charge is 0.367 e. The maximum atomic E-state index is 10.5. The first kappa shape index (κ1) is 10.3. The molecule has 0 bridgehead atoms. The van der Waals surface area contributed by atoms with E-state index in [0.29, 0.717) is 6.61 Å². The van der Waals surface area contributed by atoms with Crippen LogP contribution < -0.4 is 11.3 Å². The average molecular weight is 292 g/mol. The standard InChI is InChI=1S/C8H9IN2O2/c9-8(12)13-5-6-1-3-7(11-10)4-2-6/h1-4,11H,5,10H2. The molecule has 1 rings (SSSR count). The van der Waals surface area contributed by atoms with Crippen molar-refractivity contribution in [3.63, 3.8) is 0 Å². The zero-order valence-electron chi connectivity index (χ0n) is 6.79. The fourth-order valence-electron chi connectivity index (χ4n) is 0.837. The Morgan fingerprint density at radius 2 is 2.08 bits per heavy atom. The highest BCUT2D eigenvalue weighted by Gasteiger charge is 1.96. The minimum Gasteiger partial charge on any atom is -0.453 e. The lowest BCUT2D eigenvalue weighted by Crippen LogP contribution is -2.06. The first-order chi connectivity index (χ1) is 6.22. The zero-order chi connectivity index (χ0) is 9.68. The Hall–Kier alpha value is -0.820. The van der Waals surface area contributed by atoms with Gasteiger partial charge in [-0.3, -0.25) is 5.84 Å². The molecule has 1 aromatic carbocycles. The Kier molecular flexibility index (Phi) is 3.97. The van der Waals surface area contributed by atoms with Crippen LogP contribution in [0.25, 0.3) is 0 Å². The van der Waals surface area contributed by atoms with E-state index >= 15 is 0 Å². The van der Waals surface area contributed by atoms with Crippen molar-refractivity contribution < 1.29 is 9.53 Å². The molecule has 0 fully saturated rings. The molecule has 1 aromatic rings. The number of carbonyl (C=O) groups is 1. The van der Waals surface area contributed by atoms with Gasteiger partial charge in [-0.2, -0.15) is 0 Å². The average Bonchev–Trinajstić information content (AvgIpc) is 2.15. The fourth-order valence-corrected chi connectivity index (χ4v) is 0.993. The summed E-state index contributed by atoms with van der Waals surface area (Å²) in [6.45, 7) is 0.298. The van der Waals surface area contributed by atoms with Crippen molar-refractivity contribution in [3.8, 4) is 0 Å². The molecule has 0 saturated heterocycles. The zero-order valence-corrected chi connectivity index (χ0v) is 8.95. The van der Waals surface area contributed by atoms with E-state index in [1.165, 1.54) is 0 Å². The molecule has 13 heavy (non-hydrogen) atoms. The van der Waals surface area contributed by atoms with Gasteiger partial charge in [0.15, 0.2) is 0 Å². The summed E-state index contributed by atoms with van der Waals surface area (Å²) in [5, 5.41) is 0. The number of hydrogen-bond donors (Lipinski definition) is 2. The Morgan fingerprint density at radius 1 is 1.46 bits per heavy atom. The summed E-state index contributed by atoms with van der Waals surface area (Å²) in [5.41, 5.74) is 4.27. The summed E-state index contributed by atoms with van der Waals surface area (Å²) >= 11 is 1.59. The van der Waals surface area contributed by atoms with Crippen molar-refractivity contribution in [1.29, 1.82) is 0 Å². The van der Waals surface area contributed by atoms with E-state index in [1.807, 2.05) is 24.3 Å². The molecule has 0 aromatic heterocycles. The lowest BCUT2D eigenvalue weighted by molar-refractivity contribution is 0.172. The van der Waals surface area contributed by atoms with Crippen molar-refractivity contribution in [2.24, 2.45) is 5.84 Å². The third-order valence-electron chi connectivity index (χ3n) is 1.47. The molecule has 0 unspecified atom stereocenters. The fraction of sp³-hybridized carbons (Fsp3) is 0.125. The maximum absolute atomic E-state index is 10.5. The Morgan fingerprint density at radius 3 is 2.54 bits per heavy atom. The second-order valence-corrected chi connectivity index (χ2v) is 3.25. The summed E-state index contributed by atoms with van der Waals surface area (Å²) in [6.07, 6.45) is 0. The second-order valence-electron chi connectivity index (χ2n) is 2.37. The molecule has 0 aliphatic rings. The molecule has 0 amide bonds. The van der Waals surface area contributed by atoms with Crippen LogP contribution in [-0.4, -0.2) is 3.98 Å². The van der Waals surface area contributed by atoms with Crippen LogP contribution in [0.1, 0.15) is 5.56 Å². The highest BCUT2D eigenvalue weighted by Crippen LogP contribution is 2.09. The van der Waals surface area contributed by atoms with Gasteiger partial charge in [0, 0.05) is 5.69 Å². The number of hydrazine groups is 1. The van der Waals surface area contributed by atoms with Gasteiger partial charge >= 0.3 is 3.98 Å². The first-order valence-corrected chi connectivity index (χ1v) is 4.68. The number of nitrogen functional groups attached to an aromatic ring is 1. The van der Waals surface area contributed by atoms with Gasteiger partial charge in [-0.15, -0.1) is 0 Å². The van der Waals surface area contributed by atoms with Gasteiger partial charge in [-0.05, 0) is 17.7 Å². The molecular weight excluding hydrogens is 283 g/mol. The molecule has 5 heteroatoms. The molecule has 0 aliphatic carbocycles. The number of hydrogen-bond acceptors (Lipinski definition) is 4. The molecule has 70 valence electrons. The molecule has 0 radical (unpaired) electrons. The van der Waals surface area contributed by atoms with Crippen LogP contribution in [0.3, 0.4) is 0 Å². The molecule has 0 atom stereocenters. The number of ether oxygens (including phenoxy) is 1. The molecule has 0 spiro atoms. The van der Waals surface area contributed by atoms with Crippen LogP contribution in [0, 0.1) is 0 Å². The number of anilines is 1. The van der Waals surface area contributed by atoms with E-state index < -0.39 is 0 Å². The van der Waals surface area contributed by atoms with Gasteiger partial charge in [0.1, 0.15) is 6.61 Å². The number of halogens is 1. The Bertz CT molecular complexity index is 287. The molecule has 0 heterocycles. The number of benzene rings is 1. The van der Waals surface area contributed by atoms with Gasteiger partial charge in [0.2, 0.25) is 0 Å². The largest absolute Gasteiger partial charge is 0.453 e. The van der Waals surface area contributed by atoms with Crippen LogP contribution in [0.4, 0.5) is 10.5 Å². The third-order valence-corrected chi connectivity index (χ3v) is 1.78. The molecule has 4 nitrogen and oxygen atoms in total. The molecule has 3 N–H and O–H groups in total. The van der Waals surface area contributed by atoms with E-state index in [2.05, 4.69) is 5.43 Å². The normalized spacial score (nSPS) is 9.38. The number of nitrogens with two attached hydrogens (primary N) is 1. The number of nitrogens with one attached hydrogen (secondary N) is 1. The minimum atomic E-state index is -0.307. The van der Waals surface area contributed by atoms with Gasteiger partial charge in [0.05, 0.1) is 22.6 Å². The van der Waals surface area contributed by atoms with Crippen LogP contribution in [-0.2, 0) is 11.3 Å². The van der Waals surface area contributed by atoms with Crippen molar-refractivity contribution in [2.45, 2.75) is 6.61 Å². The molecule has 0 saturated carbocycles. The van der Waals surface area contributed by atoms with E-state index in [-0.39, 0.29) is 3.98 Å². The highest BCUT2D eigenvalue weighted by atomic mass is 127. The SMILES string of the molecule is NNc1ccc(COC(=O)I)cc1. The first-order valence-electron chi connectivity index (χ1n) is 3.60. The Labute approximate surface area is 89.6 Å². The van der Waals surface area contributed by atoms with Crippen molar-refractivity contribution >= 4 is 32.3 Å². The quantitative estimate of drug-likeness (QED) is 0.387. The summed E-state index contributed by atoms with van der Waals surface area (Å²) in [7, 11) is 0. The van der Waals surface area contributed by atoms with E-state index in [0.717, 1.165) is 11.3 Å². The van der Waals surface area contributed by atoms with Crippen LogP contribution >= 0.6 is 22.6 Å². The monoisotopic (exact) mass is 292 g/mol. The highest BCUT2D eigenvalue weighted by molar-refractivity contribution is 14.1. The maximum Gasteiger partial charge on any atom is 0.367 e. The van der Waals surface area contributed by atoms with E-state index in [9.17, 15) is 4.79 Å². The van der Waals surface area contributed by atoms with Crippen molar-refractivity contribution in [1.82, 2.24) is 0 Å². The summed E-state index contributed by atoms with van der Waals surface area (Å²) in [5.74, 6) is 5.19. The number of rotatable bonds is 3. The van der Waals surface area contributed by atoms with E-state index in [1.54, 1.807) is 22.6 Å². The van der Waals surface area contributed by atoms with Gasteiger partial charge < -0.3 is 10.2 Å². The second kappa shape index (κ2) is 5.03. The summed E-state index contributed by atoms with van der Waals surface area (Å²) < 4.78 is 4.49. The third kappa shape index (κ3) is 3.60. The number of carbonyl (C=O) groups excluding carboxylic acids is 1. The van der Waals surface area contributed by atoms with Gasteiger partial charge in [-0.1, -0.05) is 12.1 Å². The minimum absolute atomic E-state index is 0.298. The van der Waals surface area contributed by atoms with Crippen molar-refractivity contribution in [3.05, 3.63) is 29.8 Å². The topological polar surface area (TPSA) is 64.3 Å². The predicted octanol–water partition coefficient (Wildman–Crippen LogP) is 2.04. The van der Waals surface area contributed by atoms with Crippen LogP contribution in [0.2, 0.25) is 0 Å². The predicted molar refractivity (Wildman–Crippen MR) is 58.5 cm³/mol.